The Morgan fingerprint density at radius 3 is 2.68 bits per heavy atom. The first-order chi connectivity index (χ1) is 9.17. The number of nitrogens with two attached hydrogens (primary N) is 1. The van der Waals surface area contributed by atoms with Crippen LogP contribution in [0.5, 0.6) is 0 Å². The lowest BCUT2D eigenvalue weighted by Crippen LogP contribution is -2.13. The number of hydrogen-bond acceptors (Lipinski definition) is 6. The molecule has 1 heterocycles. The molecule has 0 atom stereocenters. The summed E-state index contributed by atoms with van der Waals surface area (Å²) >= 11 is 2.61. The number of nitrogens with one attached hydrogen (secondary N) is 1. The number of aryl methyl sites for hydroxylation is 1. The van der Waals surface area contributed by atoms with Crippen molar-refractivity contribution >= 4 is 39.8 Å². The molecule has 2 aromatic rings. The van der Waals surface area contributed by atoms with Crippen LogP contribution in [0.2, 0.25) is 0 Å². The molecule has 1 amide bonds. The first-order valence-corrected chi connectivity index (χ1v) is 7.58. The molecule has 0 aliphatic rings. The van der Waals surface area contributed by atoms with Gasteiger partial charge in [0.25, 0.3) is 0 Å². The molecule has 19 heavy (non-hydrogen) atoms. The van der Waals surface area contributed by atoms with Crippen LogP contribution in [-0.2, 0) is 11.2 Å². The summed E-state index contributed by atoms with van der Waals surface area (Å²) in [5.74, 6) is 0.229. The van der Waals surface area contributed by atoms with Crippen LogP contribution in [0.4, 0.5) is 10.8 Å². The molecule has 0 saturated carbocycles. The lowest BCUT2D eigenvalue weighted by Gasteiger charge is -2.04. The zero-order chi connectivity index (χ0) is 13.7. The SMILES string of the molecule is CCc1ccc(NC(=O)CSc2nnc(N)s2)cc1. The molecule has 0 aliphatic carbocycles. The van der Waals surface area contributed by atoms with E-state index in [1.165, 1.54) is 28.7 Å². The van der Waals surface area contributed by atoms with Gasteiger partial charge in [0.05, 0.1) is 5.75 Å². The van der Waals surface area contributed by atoms with E-state index in [9.17, 15) is 4.79 Å². The number of aromatic nitrogens is 2. The highest BCUT2D eigenvalue weighted by Gasteiger charge is 2.07. The quantitative estimate of drug-likeness (QED) is 0.828. The summed E-state index contributed by atoms with van der Waals surface area (Å²) in [6.07, 6.45) is 0.989. The van der Waals surface area contributed by atoms with E-state index in [2.05, 4.69) is 22.4 Å². The molecule has 5 nitrogen and oxygen atoms in total. The van der Waals surface area contributed by atoms with E-state index in [0.717, 1.165) is 12.1 Å². The van der Waals surface area contributed by atoms with Crippen molar-refractivity contribution in [3.8, 4) is 0 Å². The molecule has 0 fully saturated rings. The van der Waals surface area contributed by atoms with Gasteiger partial charge in [-0.15, -0.1) is 10.2 Å². The Bertz CT molecular complexity index is 553. The number of nitrogen functional groups attached to an aromatic ring is 1. The zero-order valence-corrected chi connectivity index (χ0v) is 12.1. The molecular weight excluding hydrogens is 280 g/mol. The molecule has 1 aromatic carbocycles. The van der Waals surface area contributed by atoms with Crippen molar-refractivity contribution in [3.05, 3.63) is 29.8 Å². The van der Waals surface area contributed by atoms with E-state index in [4.69, 9.17) is 5.73 Å². The van der Waals surface area contributed by atoms with Crippen LogP contribution in [0.3, 0.4) is 0 Å². The summed E-state index contributed by atoms with van der Waals surface area (Å²) in [6, 6.07) is 7.83. The lowest BCUT2D eigenvalue weighted by molar-refractivity contribution is -0.113. The van der Waals surface area contributed by atoms with Crippen LogP contribution in [0.25, 0.3) is 0 Å². The third kappa shape index (κ3) is 4.22. The monoisotopic (exact) mass is 294 g/mol. The van der Waals surface area contributed by atoms with Gasteiger partial charge in [-0.05, 0) is 24.1 Å². The predicted octanol–water partition coefficient (Wildman–Crippen LogP) is 2.41. The van der Waals surface area contributed by atoms with Gasteiger partial charge >= 0.3 is 0 Å². The Hall–Kier alpha value is -1.60. The highest BCUT2D eigenvalue weighted by atomic mass is 32.2. The molecule has 7 heteroatoms. The Labute approximate surface area is 119 Å². The Morgan fingerprint density at radius 1 is 1.37 bits per heavy atom. The largest absolute Gasteiger partial charge is 0.374 e. The van der Waals surface area contributed by atoms with Crippen molar-refractivity contribution in [2.75, 3.05) is 16.8 Å². The minimum absolute atomic E-state index is 0.0666. The summed E-state index contributed by atoms with van der Waals surface area (Å²) in [6.45, 7) is 2.10. The van der Waals surface area contributed by atoms with E-state index in [1.54, 1.807) is 0 Å². The van der Waals surface area contributed by atoms with Crippen molar-refractivity contribution in [1.29, 1.82) is 0 Å². The molecule has 0 spiro atoms. The summed E-state index contributed by atoms with van der Waals surface area (Å²) in [5.41, 5.74) is 7.52. The summed E-state index contributed by atoms with van der Waals surface area (Å²) in [4.78, 5) is 11.7. The fourth-order valence-electron chi connectivity index (χ4n) is 1.43. The molecule has 0 unspecified atom stereocenters. The number of amides is 1. The highest BCUT2D eigenvalue weighted by molar-refractivity contribution is 8.01. The molecule has 0 bridgehead atoms. The second-order valence-corrected chi connectivity index (χ2v) is 6.03. The number of carbonyl (C=O) groups excluding carboxylic acids is 1. The fourth-order valence-corrected chi connectivity index (χ4v) is 2.86. The van der Waals surface area contributed by atoms with E-state index < -0.39 is 0 Å². The Morgan fingerprint density at radius 2 is 2.11 bits per heavy atom. The second-order valence-electron chi connectivity index (χ2n) is 3.79. The van der Waals surface area contributed by atoms with Crippen LogP contribution in [0, 0.1) is 0 Å². The van der Waals surface area contributed by atoms with Gasteiger partial charge in [0.15, 0.2) is 4.34 Å². The van der Waals surface area contributed by atoms with Crippen LogP contribution < -0.4 is 11.1 Å². The van der Waals surface area contributed by atoms with Crippen LogP contribution in [-0.4, -0.2) is 21.9 Å². The maximum atomic E-state index is 11.7. The van der Waals surface area contributed by atoms with Gasteiger partial charge in [-0.2, -0.15) is 0 Å². The van der Waals surface area contributed by atoms with Crippen LogP contribution in [0.1, 0.15) is 12.5 Å². The molecule has 0 radical (unpaired) electrons. The van der Waals surface area contributed by atoms with Crippen molar-refractivity contribution in [1.82, 2.24) is 10.2 Å². The summed E-state index contributed by atoms with van der Waals surface area (Å²) < 4.78 is 0.703. The maximum Gasteiger partial charge on any atom is 0.234 e. The number of rotatable bonds is 5. The molecule has 100 valence electrons. The van der Waals surface area contributed by atoms with E-state index in [1.807, 2.05) is 24.3 Å². The third-order valence-electron chi connectivity index (χ3n) is 2.39. The average molecular weight is 294 g/mol. The average Bonchev–Trinajstić information content (AvgIpc) is 2.83. The van der Waals surface area contributed by atoms with E-state index in [0.29, 0.717) is 15.2 Å². The van der Waals surface area contributed by atoms with Crippen molar-refractivity contribution in [2.24, 2.45) is 0 Å². The summed E-state index contributed by atoms with van der Waals surface area (Å²) in [7, 11) is 0. The van der Waals surface area contributed by atoms with Gasteiger partial charge in [-0.25, -0.2) is 0 Å². The first kappa shape index (κ1) is 13.8. The smallest absolute Gasteiger partial charge is 0.234 e. The van der Waals surface area contributed by atoms with E-state index >= 15 is 0 Å². The number of benzene rings is 1. The molecule has 1 aromatic heterocycles. The second kappa shape index (κ2) is 6.53. The van der Waals surface area contributed by atoms with E-state index in [-0.39, 0.29) is 5.91 Å². The van der Waals surface area contributed by atoms with Crippen molar-refractivity contribution < 1.29 is 4.79 Å². The van der Waals surface area contributed by atoms with Crippen LogP contribution in [0.15, 0.2) is 28.6 Å². The number of anilines is 2. The minimum atomic E-state index is -0.0666. The minimum Gasteiger partial charge on any atom is -0.374 e. The summed E-state index contributed by atoms with van der Waals surface area (Å²) in [5, 5.41) is 10.8. The Kier molecular flexibility index (Phi) is 4.75. The van der Waals surface area contributed by atoms with Gasteiger partial charge in [0.1, 0.15) is 0 Å². The van der Waals surface area contributed by atoms with Crippen LogP contribution >= 0.6 is 23.1 Å². The first-order valence-electron chi connectivity index (χ1n) is 5.78. The molecule has 0 saturated heterocycles. The van der Waals surface area contributed by atoms with Gasteiger partial charge in [-0.1, -0.05) is 42.2 Å². The lowest BCUT2D eigenvalue weighted by atomic mass is 10.1. The van der Waals surface area contributed by atoms with Gasteiger partial charge in [0, 0.05) is 5.69 Å². The zero-order valence-electron chi connectivity index (χ0n) is 10.4. The number of nitrogens with zero attached hydrogens (tertiary/aromatic N) is 2. The third-order valence-corrected chi connectivity index (χ3v) is 4.28. The normalized spacial score (nSPS) is 10.4. The number of carbonyl (C=O) groups is 1. The highest BCUT2D eigenvalue weighted by Crippen LogP contribution is 2.23. The number of hydrogen-bond donors (Lipinski definition) is 2. The molecular formula is C12H14N4OS2. The topological polar surface area (TPSA) is 80.9 Å². The Balaban J connectivity index is 1.83. The van der Waals surface area contributed by atoms with Crippen molar-refractivity contribution in [2.45, 2.75) is 17.7 Å². The molecule has 2 rings (SSSR count). The van der Waals surface area contributed by atoms with Crippen molar-refractivity contribution in [3.63, 3.8) is 0 Å². The van der Waals surface area contributed by atoms with Gasteiger partial charge in [-0.3, -0.25) is 4.79 Å². The predicted molar refractivity (Wildman–Crippen MR) is 79.5 cm³/mol. The standard InChI is InChI=1S/C12H14N4OS2/c1-2-8-3-5-9(6-4-8)14-10(17)7-18-12-16-15-11(13)19-12/h3-6H,2,7H2,1H3,(H2,13,15)(H,14,17). The molecule has 3 N–H and O–H groups in total. The van der Waals surface area contributed by atoms with Gasteiger partial charge in [0.2, 0.25) is 11.0 Å². The molecule has 0 aliphatic heterocycles. The number of thioether (sulfide) groups is 1. The fraction of sp³-hybridized carbons (Fsp3) is 0.250. The van der Waals surface area contributed by atoms with Gasteiger partial charge < -0.3 is 11.1 Å². The maximum absolute atomic E-state index is 11.7.